The third-order valence-electron chi connectivity index (χ3n) is 6.73. The van der Waals surface area contributed by atoms with Crippen molar-refractivity contribution < 1.29 is 28.9 Å². The van der Waals surface area contributed by atoms with Crippen LogP contribution in [0.2, 0.25) is 0 Å². The molecule has 0 bridgehead atoms. The van der Waals surface area contributed by atoms with Crippen LogP contribution in [0.25, 0.3) is 0 Å². The maximum atomic E-state index is 12.2. The smallest absolute Gasteiger partial charge is 0.306 e. The van der Waals surface area contributed by atoms with E-state index in [2.05, 4.69) is 0 Å². The second-order valence-electron chi connectivity index (χ2n) is 9.51. The number of benzene rings is 1. The molecule has 32 heavy (non-hydrogen) atoms. The Morgan fingerprint density at radius 3 is 2.69 bits per heavy atom. The van der Waals surface area contributed by atoms with Crippen molar-refractivity contribution in [2.75, 3.05) is 19.8 Å². The lowest BCUT2D eigenvalue weighted by Crippen LogP contribution is -2.24. The summed E-state index contributed by atoms with van der Waals surface area (Å²) >= 11 is 0. The van der Waals surface area contributed by atoms with E-state index in [1.165, 1.54) is 0 Å². The second kappa shape index (κ2) is 12.5. The average Bonchev–Trinajstić information content (AvgIpc) is 2.93. The molecule has 0 amide bonds. The highest BCUT2D eigenvalue weighted by atomic mass is 16.5. The van der Waals surface area contributed by atoms with Gasteiger partial charge >= 0.3 is 5.97 Å². The predicted molar refractivity (Wildman–Crippen MR) is 121 cm³/mol. The maximum Gasteiger partial charge on any atom is 0.306 e. The predicted octanol–water partition coefficient (Wildman–Crippen LogP) is 4.19. The number of carbonyl (C=O) groups is 2. The zero-order chi connectivity index (χ0) is 22.9. The largest absolute Gasteiger partial charge is 0.463 e. The molecule has 0 unspecified atom stereocenters. The number of aliphatic hydroxyl groups excluding tert-OH is 1. The highest BCUT2D eigenvalue weighted by molar-refractivity contribution is 5.96. The van der Waals surface area contributed by atoms with Gasteiger partial charge in [0.2, 0.25) is 0 Å². The molecule has 0 aromatic heterocycles. The molecule has 3 rings (SSSR count). The topological polar surface area (TPSA) is 82.1 Å². The summed E-state index contributed by atoms with van der Waals surface area (Å²) in [5.74, 6) is 0.777. The van der Waals surface area contributed by atoms with E-state index in [9.17, 15) is 14.7 Å². The van der Waals surface area contributed by atoms with E-state index < -0.39 is 0 Å². The number of ether oxygens (including phenoxy) is 3. The van der Waals surface area contributed by atoms with Crippen LogP contribution in [0.5, 0.6) is 0 Å². The fourth-order valence-corrected chi connectivity index (χ4v) is 5.09. The van der Waals surface area contributed by atoms with Crippen molar-refractivity contribution >= 4 is 11.8 Å². The van der Waals surface area contributed by atoms with Gasteiger partial charge in [0.15, 0.2) is 5.78 Å². The summed E-state index contributed by atoms with van der Waals surface area (Å²) in [5.41, 5.74) is 0.661. The number of rotatable bonds is 11. The van der Waals surface area contributed by atoms with Gasteiger partial charge in [-0.3, -0.25) is 9.59 Å². The van der Waals surface area contributed by atoms with E-state index in [0.717, 1.165) is 32.1 Å². The summed E-state index contributed by atoms with van der Waals surface area (Å²) < 4.78 is 17.0. The number of Topliss-reactive ketones (excluding diaryl/α,β-unsaturated/α-hetero) is 1. The lowest BCUT2D eigenvalue weighted by Gasteiger charge is -2.23. The van der Waals surface area contributed by atoms with Crippen molar-refractivity contribution in [3.05, 3.63) is 35.9 Å². The summed E-state index contributed by atoms with van der Waals surface area (Å²) in [5, 5.41) is 10.6. The molecule has 0 radical (unpaired) electrons. The van der Waals surface area contributed by atoms with E-state index in [4.69, 9.17) is 14.2 Å². The lowest BCUT2D eigenvalue weighted by atomic mass is 9.85. The van der Waals surface area contributed by atoms with E-state index in [1.54, 1.807) is 12.1 Å². The standard InChI is InChI=1S/C26H38O6/c1-18(2)32-26(29)10-6-7-19-11-12-22-21(23(27)15-25(22)31-16-19)13-14-30-17-24(28)20-8-4-3-5-9-20/h3-5,8-9,18-19,21-23,25,27H,6-7,10-17H2,1-2H3/t19-,21+,22+,23+,25-/m0/s1. The van der Waals surface area contributed by atoms with Crippen LogP contribution >= 0.6 is 0 Å². The Bertz CT molecular complexity index is 718. The van der Waals surface area contributed by atoms with Crippen LogP contribution in [-0.2, 0) is 19.0 Å². The highest BCUT2D eigenvalue weighted by Gasteiger charge is 2.44. The third kappa shape index (κ3) is 7.39. The van der Waals surface area contributed by atoms with Gasteiger partial charge in [-0.2, -0.15) is 0 Å². The van der Waals surface area contributed by atoms with E-state index in [0.29, 0.717) is 43.5 Å². The number of esters is 1. The number of fused-ring (bicyclic) bond motifs is 1. The van der Waals surface area contributed by atoms with Gasteiger partial charge in [0, 0.05) is 31.6 Å². The Labute approximate surface area is 191 Å². The molecule has 2 aliphatic rings. The van der Waals surface area contributed by atoms with Gasteiger partial charge in [0.25, 0.3) is 0 Å². The number of hydrogen-bond acceptors (Lipinski definition) is 6. The van der Waals surface area contributed by atoms with E-state index >= 15 is 0 Å². The lowest BCUT2D eigenvalue weighted by molar-refractivity contribution is -0.147. The quantitative estimate of drug-likeness (QED) is 0.312. The molecule has 1 heterocycles. The van der Waals surface area contributed by atoms with E-state index in [1.807, 2.05) is 32.0 Å². The van der Waals surface area contributed by atoms with Crippen molar-refractivity contribution in [1.82, 2.24) is 0 Å². The number of hydrogen-bond donors (Lipinski definition) is 1. The average molecular weight is 447 g/mol. The normalized spacial score (nSPS) is 27.7. The van der Waals surface area contributed by atoms with Gasteiger partial charge in [-0.05, 0) is 63.7 Å². The van der Waals surface area contributed by atoms with Gasteiger partial charge in [0.1, 0.15) is 6.61 Å². The first-order valence-electron chi connectivity index (χ1n) is 12.1. The summed E-state index contributed by atoms with van der Waals surface area (Å²) in [4.78, 5) is 23.9. The number of ketones is 1. The van der Waals surface area contributed by atoms with Gasteiger partial charge < -0.3 is 19.3 Å². The number of carbonyl (C=O) groups excluding carboxylic acids is 2. The Balaban J connectivity index is 1.38. The summed E-state index contributed by atoms with van der Waals surface area (Å²) in [7, 11) is 0. The fourth-order valence-electron chi connectivity index (χ4n) is 5.09. The van der Waals surface area contributed by atoms with Crippen LogP contribution in [0.1, 0.15) is 69.2 Å². The molecule has 1 saturated heterocycles. The molecule has 6 nitrogen and oxygen atoms in total. The van der Waals surface area contributed by atoms with Crippen molar-refractivity contribution in [3.8, 4) is 0 Å². The van der Waals surface area contributed by atoms with Crippen molar-refractivity contribution in [2.24, 2.45) is 17.8 Å². The first-order valence-corrected chi connectivity index (χ1v) is 12.1. The molecule has 1 aliphatic carbocycles. The molecule has 1 aromatic carbocycles. The van der Waals surface area contributed by atoms with Gasteiger partial charge in [-0.25, -0.2) is 0 Å². The van der Waals surface area contributed by atoms with Crippen LogP contribution in [0, 0.1) is 17.8 Å². The van der Waals surface area contributed by atoms with E-state index in [-0.39, 0.29) is 42.6 Å². The zero-order valence-corrected chi connectivity index (χ0v) is 19.4. The maximum absolute atomic E-state index is 12.2. The molecular weight excluding hydrogens is 408 g/mol. The first kappa shape index (κ1) is 24.9. The third-order valence-corrected chi connectivity index (χ3v) is 6.73. The Morgan fingerprint density at radius 2 is 1.94 bits per heavy atom. The molecule has 178 valence electrons. The van der Waals surface area contributed by atoms with Gasteiger partial charge in [-0.1, -0.05) is 30.3 Å². The Kier molecular flexibility index (Phi) is 9.69. The monoisotopic (exact) mass is 446 g/mol. The SMILES string of the molecule is CC(C)OC(=O)CCC[C@H]1CC[C@@H]2[C@@H](CCOCC(=O)c3ccccc3)[C@H](O)C[C@@H]2OC1. The van der Waals surface area contributed by atoms with Crippen LogP contribution in [0.4, 0.5) is 0 Å². The molecular formula is C26H38O6. The molecule has 1 N–H and O–H groups in total. The molecule has 2 fully saturated rings. The van der Waals surface area contributed by atoms with Crippen LogP contribution in [0.15, 0.2) is 30.3 Å². The summed E-state index contributed by atoms with van der Waals surface area (Å²) in [6.45, 7) is 4.96. The molecule has 5 atom stereocenters. The molecule has 6 heteroatoms. The summed E-state index contributed by atoms with van der Waals surface area (Å²) in [6.07, 6.45) is 5.39. The van der Waals surface area contributed by atoms with Gasteiger partial charge in [0.05, 0.1) is 18.3 Å². The molecule has 1 saturated carbocycles. The minimum absolute atomic E-state index is 0.0200. The minimum atomic E-state index is -0.374. The van der Waals surface area contributed by atoms with Crippen LogP contribution < -0.4 is 0 Å². The second-order valence-corrected chi connectivity index (χ2v) is 9.51. The van der Waals surface area contributed by atoms with Gasteiger partial charge in [-0.15, -0.1) is 0 Å². The minimum Gasteiger partial charge on any atom is -0.463 e. The molecule has 1 aromatic rings. The first-order chi connectivity index (χ1) is 15.4. The molecule has 0 spiro atoms. The molecule has 1 aliphatic heterocycles. The van der Waals surface area contributed by atoms with Crippen LogP contribution in [-0.4, -0.2) is 55.0 Å². The zero-order valence-electron chi connectivity index (χ0n) is 19.4. The van der Waals surface area contributed by atoms with Crippen LogP contribution in [0.3, 0.4) is 0 Å². The Hall–Kier alpha value is -1.76. The van der Waals surface area contributed by atoms with Crippen molar-refractivity contribution in [1.29, 1.82) is 0 Å². The summed E-state index contributed by atoms with van der Waals surface area (Å²) in [6, 6.07) is 9.17. The fraction of sp³-hybridized carbons (Fsp3) is 0.692. The highest BCUT2D eigenvalue weighted by Crippen LogP contribution is 2.42. The number of aliphatic hydroxyl groups is 1. The Morgan fingerprint density at radius 1 is 1.16 bits per heavy atom. The van der Waals surface area contributed by atoms with Crippen molar-refractivity contribution in [2.45, 2.75) is 77.1 Å². The van der Waals surface area contributed by atoms with Crippen molar-refractivity contribution in [3.63, 3.8) is 0 Å².